The van der Waals surface area contributed by atoms with Gasteiger partial charge in [-0.05, 0) is 96.7 Å². The summed E-state index contributed by atoms with van der Waals surface area (Å²) in [6.07, 6.45) is 8.84. The molecule has 1 aromatic heterocycles. The number of nitrogens with two attached hydrogens (primary N) is 2. The summed E-state index contributed by atoms with van der Waals surface area (Å²) in [7, 11) is 0. The fraction of sp³-hybridized carbons (Fsp3) is 0.639. The standard InChI is InChI=1S/C36H53N7O3/c1-23-32-28(17-29(37)27-7-5-6-8-31(27)44)33(38)39-30(32)12-16-43(23)25-11-15-41(20-25)24-9-13-40(14-10-24)26-18-36(19-26)21-42(22-36)34(45)46-35(2,3)4/h5-8,17,23-26,39,44H,9-16,18-22,37-38H2,1-4H3/b29-17-. The van der Waals surface area contributed by atoms with Crippen LogP contribution in [-0.4, -0.2) is 105 Å². The van der Waals surface area contributed by atoms with Crippen molar-refractivity contribution in [2.75, 3.05) is 51.5 Å². The van der Waals surface area contributed by atoms with Crippen molar-refractivity contribution in [2.24, 2.45) is 11.1 Å². The molecule has 6 N–H and O–H groups in total. The van der Waals surface area contributed by atoms with Gasteiger partial charge in [-0.1, -0.05) is 12.1 Å². The van der Waals surface area contributed by atoms with Crippen molar-refractivity contribution < 1.29 is 14.6 Å². The summed E-state index contributed by atoms with van der Waals surface area (Å²) >= 11 is 0. The molecule has 10 heteroatoms. The molecule has 0 radical (unpaired) electrons. The van der Waals surface area contributed by atoms with Gasteiger partial charge >= 0.3 is 6.09 Å². The summed E-state index contributed by atoms with van der Waals surface area (Å²) in [4.78, 5) is 25.9. The molecule has 1 aliphatic carbocycles. The van der Waals surface area contributed by atoms with Gasteiger partial charge in [0.1, 0.15) is 17.2 Å². The average Bonchev–Trinajstić information content (AvgIpc) is 3.56. The van der Waals surface area contributed by atoms with Crippen LogP contribution in [0.5, 0.6) is 5.75 Å². The van der Waals surface area contributed by atoms with E-state index >= 15 is 0 Å². The number of nitrogens with one attached hydrogen (secondary N) is 1. The van der Waals surface area contributed by atoms with Crippen molar-refractivity contribution in [3.63, 3.8) is 0 Å². The number of carbonyl (C=O) groups is 1. The molecular formula is C36H53N7O3. The number of benzene rings is 1. The SMILES string of the molecule is CC1c2c([nH]c(N)c2/C=C(\N)c2ccccc2O)CCN1C1CCN(C2CCN(C3CC4(C3)CN(C(=O)OC(C)(C)C)C4)CC2)C1. The van der Waals surface area contributed by atoms with E-state index in [0.717, 1.165) is 38.2 Å². The second-order valence-corrected chi connectivity index (χ2v) is 15.7. The molecule has 0 bridgehead atoms. The van der Waals surface area contributed by atoms with Crippen LogP contribution < -0.4 is 11.5 Å². The van der Waals surface area contributed by atoms with E-state index < -0.39 is 5.60 Å². The van der Waals surface area contributed by atoms with E-state index in [0.29, 0.717) is 40.6 Å². The third kappa shape index (κ3) is 5.88. The number of H-pyrrole nitrogens is 1. The number of aromatic nitrogens is 1. The van der Waals surface area contributed by atoms with Crippen molar-refractivity contribution in [1.82, 2.24) is 24.6 Å². The number of para-hydroxylation sites is 1. The minimum atomic E-state index is -0.431. The Kier molecular flexibility index (Phi) is 8.05. The van der Waals surface area contributed by atoms with Gasteiger partial charge in [0.05, 0.1) is 0 Å². The van der Waals surface area contributed by atoms with Gasteiger partial charge in [0.2, 0.25) is 0 Å². The van der Waals surface area contributed by atoms with E-state index in [1.807, 2.05) is 43.9 Å². The van der Waals surface area contributed by atoms with Crippen LogP contribution >= 0.6 is 0 Å². The van der Waals surface area contributed by atoms with Gasteiger partial charge in [0.25, 0.3) is 0 Å². The molecule has 2 unspecified atom stereocenters. The van der Waals surface area contributed by atoms with E-state index in [9.17, 15) is 9.90 Å². The Hall–Kier alpha value is -3.21. The number of aromatic amines is 1. The molecular weight excluding hydrogens is 578 g/mol. The zero-order chi connectivity index (χ0) is 32.4. The summed E-state index contributed by atoms with van der Waals surface area (Å²) in [5.74, 6) is 0.819. The molecule has 1 saturated carbocycles. The predicted octanol–water partition coefficient (Wildman–Crippen LogP) is 4.62. The van der Waals surface area contributed by atoms with Gasteiger partial charge in [-0.2, -0.15) is 0 Å². The number of phenols is 1. The Morgan fingerprint density at radius 3 is 2.39 bits per heavy atom. The van der Waals surface area contributed by atoms with Crippen LogP contribution in [0.25, 0.3) is 11.8 Å². The highest BCUT2D eigenvalue weighted by molar-refractivity contribution is 5.86. The lowest BCUT2D eigenvalue weighted by molar-refractivity contribution is -0.112. The lowest BCUT2D eigenvalue weighted by atomic mass is 9.60. The number of piperidine rings is 1. The van der Waals surface area contributed by atoms with Crippen molar-refractivity contribution in [3.8, 4) is 5.75 Å². The maximum Gasteiger partial charge on any atom is 0.410 e. The highest BCUT2D eigenvalue weighted by Gasteiger charge is 2.56. The minimum Gasteiger partial charge on any atom is -0.507 e. The number of rotatable bonds is 5. The number of fused-ring (bicyclic) bond motifs is 1. The largest absolute Gasteiger partial charge is 0.507 e. The Morgan fingerprint density at radius 1 is 1.02 bits per heavy atom. The number of nitrogen functional groups attached to an aromatic ring is 1. The summed E-state index contributed by atoms with van der Waals surface area (Å²) in [6.45, 7) is 15.5. The number of nitrogens with zero attached hydrogens (tertiary/aromatic N) is 4. The first-order chi connectivity index (χ1) is 21.9. The fourth-order valence-corrected chi connectivity index (χ4v) is 9.15. The van der Waals surface area contributed by atoms with Crippen molar-refractivity contribution in [1.29, 1.82) is 0 Å². The lowest BCUT2D eigenvalue weighted by Crippen LogP contribution is -2.68. The van der Waals surface area contributed by atoms with Crippen molar-refractivity contribution in [2.45, 2.75) is 96.0 Å². The first-order valence-corrected chi connectivity index (χ1v) is 17.4. The van der Waals surface area contributed by atoms with E-state index in [4.69, 9.17) is 16.2 Å². The summed E-state index contributed by atoms with van der Waals surface area (Å²) in [5.41, 5.74) is 17.4. The molecule has 5 heterocycles. The Bertz CT molecular complexity index is 1470. The number of hydrogen-bond donors (Lipinski definition) is 4. The summed E-state index contributed by atoms with van der Waals surface area (Å²) in [6, 6.07) is 9.28. The van der Waals surface area contributed by atoms with Crippen molar-refractivity contribution in [3.05, 3.63) is 46.6 Å². The van der Waals surface area contributed by atoms with Crippen molar-refractivity contribution >= 4 is 23.7 Å². The van der Waals surface area contributed by atoms with Crippen LogP contribution in [0.1, 0.15) is 88.2 Å². The second kappa shape index (κ2) is 11.8. The van der Waals surface area contributed by atoms with E-state index in [1.54, 1.807) is 12.1 Å². The van der Waals surface area contributed by atoms with Gasteiger partial charge < -0.3 is 36.1 Å². The highest BCUT2D eigenvalue weighted by Crippen LogP contribution is 2.51. The van der Waals surface area contributed by atoms with Crippen LogP contribution in [0.4, 0.5) is 10.6 Å². The van der Waals surface area contributed by atoms with Crippen LogP contribution in [0, 0.1) is 5.41 Å². The number of ether oxygens (including phenoxy) is 1. The molecule has 10 nitrogen and oxygen atoms in total. The van der Waals surface area contributed by atoms with Crippen LogP contribution in [0.15, 0.2) is 24.3 Å². The van der Waals surface area contributed by atoms with Crippen LogP contribution in [0.3, 0.4) is 0 Å². The third-order valence-corrected chi connectivity index (χ3v) is 11.5. The average molecular weight is 632 g/mol. The number of amides is 1. The van der Waals surface area contributed by atoms with Gasteiger partial charge in [0, 0.05) is 91.2 Å². The van der Waals surface area contributed by atoms with Gasteiger partial charge in [-0.15, -0.1) is 0 Å². The molecule has 46 heavy (non-hydrogen) atoms. The number of aromatic hydroxyl groups is 1. The normalized spacial score (nSPS) is 26.6. The quantitative estimate of drug-likeness (QED) is 0.377. The molecule has 4 fully saturated rings. The molecule has 3 saturated heterocycles. The van der Waals surface area contributed by atoms with Crippen LogP contribution in [-0.2, 0) is 11.2 Å². The molecule has 7 rings (SSSR count). The maximum atomic E-state index is 12.4. The zero-order valence-corrected chi connectivity index (χ0v) is 28.1. The first kappa shape index (κ1) is 31.4. The van der Waals surface area contributed by atoms with E-state index in [2.05, 4.69) is 26.6 Å². The van der Waals surface area contributed by atoms with E-state index in [-0.39, 0.29) is 17.9 Å². The van der Waals surface area contributed by atoms with E-state index in [1.165, 1.54) is 63.0 Å². The second-order valence-electron chi connectivity index (χ2n) is 15.7. The van der Waals surface area contributed by atoms with Gasteiger partial charge in [-0.3, -0.25) is 9.80 Å². The smallest absolute Gasteiger partial charge is 0.410 e. The molecule has 2 aromatic rings. The first-order valence-electron chi connectivity index (χ1n) is 17.4. The molecule has 1 amide bonds. The Labute approximate surface area is 273 Å². The summed E-state index contributed by atoms with van der Waals surface area (Å²) < 4.78 is 5.56. The molecule has 1 aromatic carbocycles. The Morgan fingerprint density at radius 2 is 1.70 bits per heavy atom. The predicted molar refractivity (Wildman–Crippen MR) is 182 cm³/mol. The molecule has 5 aliphatic rings. The zero-order valence-electron chi connectivity index (χ0n) is 28.1. The fourth-order valence-electron chi connectivity index (χ4n) is 9.15. The lowest BCUT2D eigenvalue weighted by Gasteiger charge is -2.61. The highest BCUT2D eigenvalue weighted by atomic mass is 16.6. The minimum absolute atomic E-state index is 0.158. The molecule has 1 spiro atoms. The third-order valence-electron chi connectivity index (χ3n) is 11.5. The molecule has 4 aliphatic heterocycles. The number of likely N-dealkylation sites (tertiary alicyclic amines) is 3. The maximum absolute atomic E-state index is 12.4. The van der Waals surface area contributed by atoms with Gasteiger partial charge in [-0.25, -0.2) is 4.79 Å². The number of phenolic OH excluding ortho intramolecular Hbond substituents is 1. The number of hydrogen-bond acceptors (Lipinski definition) is 8. The topological polar surface area (TPSA) is 127 Å². The monoisotopic (exact) mass is 631 g/mol. The molecule has 2 atom stereocenters. The van der Waals surface area contributed by atoms with Crippen LogP contribution in [0.2, 0.25) is 0 Å². The Balaban J connectivity index is 0.911. The number of carbonyl (C=O) groups excluding carboxylic acids is 1. The van der Waals surface area contributed by atoms with Gasteiger partial charge in [0.15, 0.2) is 0 Å². The summed E-state index contributed by atoms with van der Waals surface area (Å²) in [5, 5.41) is 10.3. The molecule has 250 valence electrons. The number of anilines is 1.